The monoisotopic (exact) mass is 1110 g/mol. The molecule has 0 aromatic heterocycles. The van der Waals surface area contributed by atoms with Crippen molar-refractivity contribution < 1.29 is 86.1 Å². The minimum Gasteiger partial charge on any atom is -0.504 e. The highest BCUT2D eigenvalue weighted by molar-refractivity contribution is 5.92. The number of aromatic hydroxyl groups is 1. The molecule has 20 nitrogen and oxygen atoms in total. The highest BCUT2D eigenvalue weighted by atomic mass is 16.7. The van der Waals surface area contributed by atoms with Gasteiger partial charge >= 0.3 is 36.2 Å². The fraction of sp³-hybridized carbons (Fsp3) is 0.533. The topological polar surface area (TPSA) is 264 Å². The minimum atomic E-state index is -1.66. The molecule has 1 spiro atoms. The molecule has 1 heterocycles. The molecule has 0 radical (unpaired) electrons. The van der Waals surface area contributed by atoms with E-state index in [4.69, 9.17) is 42.6 Å². The molecule has 2 amide bonds. The standard InChI is InChI=1S/C60H74N2O18/c1-33(2)31-72-53(68)40(61-51(66)47(36-18-14-12-15-19-36)76-55(70)79-57(6,7)8)29-44(64)74-43-25-27-60(39-28-38-22-23-42(63)49-46(38)59(60,50(43)75-49)26-24-35(39)5)78-45(65)30-41(54(69)73-32-34(3)4)62-52(67)48(37-20-16-13-17-21-37)77-56(71)80-58(9,10)11/h12-23,25,33-35,39-41,47-48,50,63H,24,26-32H2,1-11H3,(H,61,66)(H,62,67)/t35?,39-,40-,41-,47-,48-,50-,59-,60+/m0/s1. The number of hydrogen-bond acceptors (Lipinski definition) is 18. The van der Waals surface area contributed by atoms with Gasteiger partial charge in [-0.05, 0) is 96.3 Å². The highest BCUT2D eigenvalue weighted by Crippen LogP contribution is 2.69. The van der Waals surface area contributed by atoms with E-state index in [2.05, 4.69) is 10.6 Å². The molecule has 1 saturated carbocycles. The Balaban J connectivity index is 1.20. The summed E-state index contributed by atoms with van der Waals surface area (Å²) in [5.41, 5.74) is -2.86. The smallest absolute Gasteiger partial charge is 0.504 e. The van der Waals surface area contributed by atoms with Crippen LogP contribution in [-0.4, -0.2) is 101 Å². The maximum Gasteiger partial charge on any atom is 0.509 e. The van der Waals surface area contributed by atoms with E-state index in [1.807, 2.05) is 20.8 Å². The highest BCUT2D eigenvalue weighted by Gasteiger charge is 2.74. The molecule has 3 aromatic carbocycles. The third-order valence-electron chi connectivity index (χ3n) is 14.2. The minimum absolute atomic E-state index is 0.0196. The average molecular weight is 1110 g/mol. The van der Waals surface area contributed by atoms with Gasteiger partial charge in [-0.1, -0.05) is 101 Å². The van der Waals surface area contributed by atoms with Crippen LogP contribution in [0.15, 0.2) is 84.6 Å². The van der Waals surface area contributed by atoms with Gasteiger partial charge in [0.25, 0.3) is 11.8 Å². The Morgan fingerprint density at radius 3 is 1.65 bits per heavy atom. The molecule has 20 heteroatoms. The lowest BCUT2D eigenvalue weighted by molar-refractivity contribution is -0.209. The van der Waals surface area contributed by atoms with E-state index in [1.165, 1.54) is 18.2 Å². The summed E-state index contributed by atoms with van der Waals surface area (Å²) in [7, 11) is 0. The molecule has 3 N–H and O–H groups in total. The molecule has 3 aromatic rings. The van der Waals surface area contributed by atoms with Gasteiger partial charge in [0, 0.05) is 29.0 Å². The van der Waals surface area contributed by atoms with Crippen molar-refractivity contribution in [2.24, 2.45) is 23.7 Å². The van der Waals surface area contributed by atoms with Gasteiger partial charge in [-0.3, -0.25) is 19.2 Å². The predicted octanol–water partition coefficient (Wildman–Crippen LogP) is 8.64. The number of rotatable bonds is 20. The van der Waals surface area contributed by atoms with E-state index in [1.54, 1.807) is 116 Å². The van der Waals surface area contributed by atoms with Crippen molar-refractivity contribution in [1.29, 1.82) is 0 Å². The van der Waals surface area contributed by atoms with E-state index in [-0.39, 0.29) is 65.8 Å². The van der Waals surface area contributed by atoms with Crippen LogP contribution >= 0.6 is 0 Å². The number of phenols is 1. The molecular weight excluding hydrogens is 1040 g/mol. The summed E-state index contributed by atoms with van der Waals surface area (Å²) in [5.74, 6) is -6.61. The van der Waals surface area contributed by atoms with E-state index in [0.29, 0.717) is 24.8 Å². The maximum absolute atomic E-state index is 14.9. The Bertz CT molecular complexity index is 2840. The number of hydrogen-bond donors (Lipinski definition) is 3. The molecule has 4 aliphatic rings. The van der Waals surface area contributed by atoms with Crippen LogP contribution in [0.25, 0.3) is 0 Å². The summed E-state index contributed by atoms with van der Waals surface area (Å²) in [5, 5.41) is 16.6. The van der Waals surface area contributed by atoms with Crippen molar-refractivity contribution >= 4 is 48.0 Å². The zero-order chi connectivity index (χ0) is 58.5. The van der Waals surface area contributed by atoms with Crippen LogP contribution in [0.1, 0.15) is 143 Å². The summed E-state index contributed by atoms with van der Waals surface area (Å²) >= 11 is 0. The molecule has 432 valence electrons. The van der Waals surface area contributed by atoms with Crippen LogP contribution in [0.4, 0.5) is 9.59 Å². The van der Waals surface area contributed by atoms with Gasteiger partial charge in [-0.15, -0.1) is 0 Å². The first-order chi connectivity index (χ1) is 37.6. The third kappa shape index (κ3) is 13.7. The molecule has 0 saturated heterocycles. The molecule has 3 aliphatic carbocycles. The van der Waals surface area contributed by atoms with Crippen LogP contribution in [0.3, 0.4) is 0 Å². The van der Waals surface area contributed by atoms with Crippen LogP contribution < -0.4 is 15.4 Å². The van der Waals surface area contributed by atoms with Gasteiger partial charge in [-0.25, -0.2) is 19.2 Å². The number of amides is 2. The molecule has 80 heavy (non-hydrogen) atoms. The first kappa shape index (κ1) is 60.0. The maximum atomic E-state index is 14.9. The number of carbonyl (C=O) groups is 8. The molecule has 1 fully saturated rings. The van der Waals surface area contributed by atoms with E-state index < -0.39 is 119 Å². The number of benzene rings is 3. The Morgan fingerprint density at radius 1 is 0.688 bits per heavy atom. The molecule has 9 atom stereocenters. The first-order valence-electron chi connectivity index (χ1n) is 27.1. The number of esters is 4. The Kier molecular flexibility index (Phi) is 18.3. The van der Waals surface area contributed by atoms with E-state index in [0.717, 1.165) is 5.56 Å². The fourth-order valence-electron chi connectivity index (χ4n) is 10.9. The summed E-state index contributed by atoms with van der Waals surface area (Å²) in [6, 6.07) is 16.1. The second-order valence-electron chi connectivity index (χ2n) is 23.7. The van der Waals surface area contributed by atoms with Gasteiger partial charge in [0.2, 0.25) is 12.2 Å². The number of ether oxygens (including phenoxy) is 9. The van der Waals surface area contributed by atoms with Gasteiger partial charge < -0.3 is 58.4 Å². The average Bonchev–Trinajstić information content (AvgIpc) is 3.98. The number of carbonyl (C=O) groups excluding carboxylic acids is 8. The van der Waals surface area contributed by atoms with Gasteiger partial charge in [-0.2, -0.15) is 0 Å². The summed E-state index contributed by atoms with van der Waals surface area (Å²) in [6.45, 7) is 18.9. The van der Waals surface area contributed by atoms with Crippen LogP contribution in [0, 0.1) is 23.7 Å². The fourth-order valence-corrected chi connectivity index (χ4v) is 10.9. The SMILES string of the molecule is CC(C)COC(=O)[C@H](CC(=O)OC1=CC[C@@]2(OC(=O)C[C@H](NC(=O)[C@@H](OC(=O)OC(C)(C)C)c3ccccc3)C(=O)OCC(C)C)[C@H]3Cc4ccc(O)c5c4[C@@]2(CCC3C)[C@H]1O5)NC(=O)[C@@H](OC(=O)OC(C)(C)C)c1ccccc1. The lowest BCUT2D eigenvalue weighted by Gasteiger charge is -2.62. The van der Waals surface area contributed by atoms with E-state index in [9.17, 15) is 43.5 Å². The van der Waals surface area contributed by atoms with Gasteiger partial charge in [0.1, 0.15) is 34.6 Å². The van der Waals surface area contributed by atoms with Crippen molar-refractivity contribution in [2.75, 3.05) is 13.2 Å². The van der Waals surface area contributed by atoms with Gasteiger partial charge in [0.05, 0.1) is 31.5 Å². The first-order valence-corrected chi connectivity index (χ1v) is 27.1. The second-order valence-corrected chi connectivity index (χ2v) is 23.7. The normalized spacial score (nSPS) is 22.1. The van der Waals surface area contributed by atoms with Crippen molar-refractivity contribution in [3.63, 3.8) is 0 Å². The second kappa shape index (κ2) is 24.4. The predicted molar refractivity (Wildman–Crippen MR) is 285 cm³/mol. The summed E-state index contributed by atoms with van der Waals surface area (Å²) in [4.78, 5) is 111. The van der Waals surface area contributed by atoms with Crippen molar-refractivity contribution in [3.05, 3.63) is 107 Å². The number of phenolic OH excluding ortho intramolecular Hbond substituents is 1. The van der Waals surface area contributed by atoms with Gasteiger partial charge in [0.15, 0.2) is 17.6 Å². The molecule has 2 bridgehead atoms. The largest absolute Gasteiger partial charge is 0.509 e. The lowest BCUT2D eigenvalue weighted by atomic mass is 9.44. The van der Waals surface area contributed by atoms with Crippen LogP contribution in [0.2, 0.25) is 0 Å². The van der Waals surface area contributed by atoms with Crippen LogP contribution in [0.5, 0.6) is 11.5 Å². The van der Waals surface area contributed by atoms with Crippen molar-refractivity contribution in [1.82, 2.24) is 10.6 Å². The zero-order valence-electron chi connectivity index (χ0n) is 47.2. The lowest BCUT2D eigenvalue weighted by Crippen LogP contribution is -2.70. The Hall–Kier alpha value is -7.64. The quantitative estimate of drug-likeness (QED) is 0.0706. The third-order valence-corrected chi connectivity index (χ3v) is 14.2. The van der Waals surface area contributed by atoms with Crippen LogP contribution in [-0.2, 0) is 78.5 Å². The molecule has 1 unspecified atom stereocenters. The van der Waals surface area contributed by atoms with Crippen molar-refractivity contribution in [2.45, 2.75) is 167 Å². The van der Waals surface area contributed by atoms with Crippen molar-refractivity contribution in [3.8, 4) is 11.5 Å². The van der Waals surface area contributed by atoms with E-state index >= 15 is 0 Å². The summed E-state index contributed by atoms with van der Waals surface area (Å²) in [6.07, 6.45) is -5.50. The Morgan fingerprint density at radius 2 is 1.18 bits per heavy atom. The number of nitrogens with one attached hydrogen (secondary N) is 2. The Labute approximate surface area is 465 Å². The molecule has 1 aliphatic heterocycles. The molecule has 7 rings (SSSR count). The summed E-state index contributed by atoms with van der Waals surface area (Å²) < 4.78 is 52.5. The zero-order valence-corrected chi connectivity index (χ0v) is 47.2. The molecular formula is C60H74N2O18.